The van der Waals surface area contributed by atoms with Gasteiger partial charge in [-0.1, -0.05) is 54.6 Å². The third kappa shape index (κ3) is 1.92. The molecule has 1 aliphatic heterocycles. The Bertz CT molecular complexity index is 1000. The van der Waals surface area contributed by atoms with Crippen LogP contribution in [0.2, 0.25) is 0 Å². The van der Waals surface area contributed by atoms with E-state index in [0.717, 1.165) is 11.5 Å². The third-order valence-electron chi connectivity index (χ3n) is 4.50. The van der Waals surface area contributed by atoms with E-state index in [2.05, 4.69) is 72.1 Å². The molecule has 5 rings (SSSR count). The molecule has 23 heavy (non-hydrogen) atoms. The second-order valence-corrected chi connectivity index (χ2v) is 6.77. The van der Waals surface area contributed by atoms with Crippen LogP contribution in [0.5, 0.6) is 11.5 Å². The van der Waals surface area contributed by atoms with Gasteiger partial charge in [0.05, 0.1) is 5.92 Å². The molecule has 1 aliphatic rings. The lowest BCUT2D eigenvalue weighted by molar-refractivity contribution is 0.455. The highest BCUT2D eigenvalue weighted by atomic mass is 32.1. The standard InChI is InChI=1S/C21H14OS/c1-2-7-15-14(6-1)11-12-18-20(15)21(19-10-5-13-23-19)16-8-3-4-9-17(16)22-18/h1-13,21H. The molecule has 0 saturated carbocycles. The van der Waals surface area contributed by atoms with Crippen molar-refractivity contribution in [1.82, 2.24) is 0 Å². The highest BCUT2D eigenvalue weighted by Crippen LogP contribution is 2.50. The zero-order valence-electron chi connectivity index (χ0n) is 12.4. The zero-order chi connectivity index (χ0) is 15.2. The van der Waals surface area contributed by atoms with Crippen LogP contribution in [-0.2, 0) is 0 Å². The molecule has 2 heterocycles. The Balaban J connectivity index is 1.88. The number of benzene rings is 3. The highest BCUT2D eigenvalue weighted by molar-refractivity contribution is 7.10. The van der Waals surface area contributed by atoms with Crippen molar-refractivity contribution in [2.75, 3.05) is 0 Å². The summed E-state index contributed by atoms with van der Waals surface area (Å²) in [5, 5.41) is 4.69. The average Bonchev–Trinajstić information content (AvgIpc) is 3.14. The molecule has 2 heteroatoms. The van der Waals surface area contributed by atoms with Gasteiger partial charge in [-0.3, -0.25) is 0 Å². The van der Waals surface area contributed by atoms with Gasteiger partial charge in [-0.2, -0.15) is 0 Å². The predicted molar refractivity (Wildman–Crippen MR) is 95.7 cm³/mol. The third-order valence-corrected chi connectivity index (χ3v) is 5.43. The zero-order valence-corrected chi connectivity index (χ0v) is 13.2. The van der Waals surface area contributed by atoms with Crippen molar-refractivity contribution >= 4 is 22.1 Å². The van der Waals surface area contributed by atoms with Gasteiger partial charge < -0.3 is 4.74 Å². The Kier molecular flexibility index (Phi) is 2.79. The number of ether oxygens (including phenoxy) is 1. The largest absolute Gasteiger partial charge is 0.457 e. The molecule has 4 aromatic rings. The number of thiophene rings is 1. The normalized spacial score (nSPS) is 15.7. The van der Waals surface area contributed by atoms with E-state index in [1.165, 1.54) is 26.8 Å². The molecule has 0 fully saturated rings. The molecule has 0 amide bonds. The Morgan fingerprint density at radius 1 is 0.739 bits per heavy atom. The lowest BCUT2D eigenvalue weighted by Gasteiger charge is -2.29. The van der Waals surface area contributed by atoms with Gasteiger partial charge in [0.2, 0.25) is 0 Å². The minimum absolute atomic E-state index is 0.237. The molecule has 0 spiro atoms. The number of para-hydroxylation sites is 1. The van der Waals surface area contributed by atoms with Crippen LogP contribution in [0.3, 0.4) is 0 Å². The fraction of sp³-hybridized carbons (Fsp3) is 0.0476. The van der Waals surface area contributed by atoms with Gasteiger partial charge in [-0.15, -0.1) is 11.3 Å². The summed E-state index contributed by atoms with van der Waals surface area (Å²) in [7, 11) is 0. The number of hydrogen-bond acceptors (Lipinski definition) is 2. The molecule has 0 saturated heterocycles. The van der Waals surface area contributed by atoms with E-state index < -0.39 is 0 Å². The second kappa shape index (κ2) is 4.97. The Hall–Kier alpha value is -2.58. The fourth-order valence-electron chi connectivity index (χ4n) is 3.50. The number of rotatable bonds is 1. The van der Waals surface area contributed by atoms with Crippen molar-refractivity contribution in [2.45, 2.75) is 5.92 Å². The summed E-state index contributed by atoms with van der Waals surface area (Å²) in [6.07, 6.45) is 0. The van der Waals surface area contributed by atoms with Crippen LogP contribution in [0.1, 0.15) is 21.9 Å². The first-order valence-corrected chi connectivity index (χ1v) is 8.61. The van der Waals surface area contributed by atoms with Crippen molar-refractivity contribution in [3.63, 3.8) is 0 Å². The summed E-state index contributed by atoms with van der Waals surface area (Å²) in [5.41, 5.74) is 2.53. The van der Waals surface area contributed by atoms with E-state index in [4.69, 9.17) is 4.74 Å². The van der Waals surface area contributed by atoms with Gasteiger partial charge in [-0.05, 0) is 34.4 Å². The first-order chi connectivity index (χ1) is 11.4. The molecule has 1 unspecified atom stereocenters. The summed E-state index contributed by atoms with van der Waals surface area (Å²) >= 11 is 1.81. The highest BCUT2D eigenvalue weighted by Gasteiger charge is 2.30. The van der Waals surface area contributed by atoms with Crippen LogP contribution in [0.15, 0.2) is 78.2 Å². The van der Waals surface area contributed by atoms with E-state index in [9.17, 15) is 0 Å². The van der Waals surface area contributed by atoms with Crippen LogP contribution in [0.4, 0.5) is 0 Å². The Labute approximate surface area is 138 Å². The molecule has 0 radical (unpaired) electrons. The minimum atomic E-state index is 0.237. The SMILES string of the molecule is c1csc(C2c3ccccc3Oc3ccc4ccccc4c32)c1. The fourth-order valence-corrected chi connectivity index (χ4v) is 4.35. The van der Waals surface area contributed by atoms with E-state index in [1.807, 2.05) is 17.4 Å². The van der Waals surface area contributed by atoms with E-state index in [0.29, 0.717) is 0 Å². The Morgan fingerprint density at radius 3 is 2.52 bits per heavy atom. The summed E-state index contributed by atoms with van der Waals surface area (Å²) in [6, 6.07) is 25.6. The molecule has 110 valence electrons. The number of hydrogen-bond donors (Lipinski definition) is 0. The molecule has 0 bridgehead atoms. The predicted octanol–water partition coefficient (Wildman–Crippen LogP) is 6.19. The van der Waals surface area contributed by atoms with Crippen molar-refractivity contribution < 1.29 is 4.74 Å². The first kappa shape index (κ1) is 12.9. The van der Waals surface area contributed by atoms with Crippen molar-refractivity contribution in [2.24, 2.45) is 0 Å². The minimum Gasteiger partial charge on any atom is -0.457 e. The summed E-state index contributed by atoms with van der Waals surface area (Å²) < 4.78 is 6.22. The molecule has 0 N–H and O–H groups in total. The van der Waals surface area contributed by atoms with Crippen LogP contribution in [0.25, 0.3) is 10.8 Å². The monoisotopic (exact) mass is 314 g/mol. The lowest BCUT2D eigenvalue weighted by atomic mass is 9.84. The summed E-state index contributed by atoms with van der Waals surface area (Å²) in [5.74, 6) is 2.18. The topological polar surface area (TPSA) is 9.23 Å². The van der Waals surface area contributed by atoms with Gasteiger partial charge in [0.1, 0.15) is 11.5 Å². The molecule has 1 nitrogen and oxygen atoms in total. The molecular weight excluding hydrogens is 300 g/mol. The van der Waals surface area contributed by atoms with E-state index in [-0.39, 0.29) is 5.92 Å². The van der Waals surface area contributed by atoms with Crippen LogP contribution < -0.4 is 4.74 Å². The van der Waals surface area contributed by atoms with Crippen molar-refractivity contribution in [1.29, 1.82) is 0 Å². The lowest BCUT2D eigenvalue weighted by Crippen LogP contribution is -2.11. The van der Waals surface area contributed by atoms with Crippen molar-refractivity contribution in [3.8, 4) is 11.5 Å². The van der Waals surface area contributed by atoms with Gasteiger partial charge >= 0.3 is 0 Å². The average molecular weight is 314 g/mol. The van der Waals surface area contributed by atoms with Crippen LogP contribution in [0, 0.1) is 0 Å². The quantitative estimate of drug-likeness (QED) is 0.358. The maximum absolute atomic E-state index is 6.22. The van der Waals surface area contributed by atoms with E-state index >= 15 is 0 Å². The van der Waals surface area contributed by atoms with Gasteiger partial charge in [0, 0.05) is 16.0 Å². The molecule has 1 atom stereocenters. The maximum Gasteiger partial charge on any atom is 0.132 e. The summed E-state index contributed by atoms with van der Waals surface area (Å²) in [4.78, 5) is 1.36. The number of fused-ring (bicyclic) bond motifs is 4. The first-order valence-electron chi connectivity index (χ1n) is 7.73. The smallest absolute Gasteiger partial charge is 0.132 e. The van der Waals surface area contributed by atoms with Crippen LogP contribution >= 0.6 is 11.3 Å². The van der Waals surface area contributed by atoms with Gasteiger partial charge in [0.15, 0.2) is 0 Å². The van der Waals surface area contributed by atoms with Gasteiger partial charge in [-0.25, -0.2) is 0 Å². The molecule has 1 aromatic heterocycles. The van der Waals surface area contributed by atoms with E-state index in [1.54, 1.807) is 0 Å². The summed E-state index contributed by atoms with van der Waals surface area (Å²) in [6.45, 7) is 0. The molecule has 0 aliphatic carbocycles. The second-order valence-electron chi connectivity index (χ2n) is 5.79. The van der Waals surface area contributed by atoms with Crippen LogP contribution in [-0.4, -0.2) is 0 Å². The van der Waals surface area contributed by atoms with Gasteiger partial charge in [0.25, 0.3) is 0 Å². The molecular formula is C21H14OS. The maximum atomic E-state index is 6.22. The molecule has 3 aromatic carbocycles. The Morgan fingerprint density at radius 2 is 1.61 bits per heavy atom. The van der Waals surface area contributed by atoms with Crippen molar-refractivity contribution in [3.05, 3.63) is 94.2 Å².